The Bertz CT molecular complexity index is 322. The molecule has 1 rings (SSSR count). The number of halogens is 2. The van der Waals surface area contributed by atoms with Crippen LogP contribution < -0.4 is 5.73 Å². The van der Waals surface area contributed by atoms with Gasteiger partial charge in [0.05, 0.1) is 0 Å². The second kappa shape index (κ2) is 7.35. The maximum Gasteiger partial charge on any atom is 0.126 e. The van der Waals surface area contributed by atoms with Gasteiger partial charge in [-0.3, -0.25) is 4.90 Å². The molecule has 0 aromatic heterocycles. The highest BCUT2D eigenvalue weighted by atomic mass is 19.1. The Morgan fingerprint density at radius 1 is 1.12 bits per heavy atom. The average molecular weight is 242 g/mol. The van der Waals surface area contributed by atoms with Crippen molar-refractivity contribution in [3.05, 3.63) is 35.4 Å². The smallest absolute Gasteiger partial charge is 0.126 e. The van der Waals surface area contributed by atoms with E-state index in [1.807, 2.05) is 0 Å². The summed E-state index contributed by atoms with van der Waals surface area (Å²) in [6.45, 7) is 5.07. The molecule has 4 heteroatoms. The summed E-state index contributed by atoms with van der Waals surface area (Å²) in [5, 5.41) is 0. The van der Waals surface area contributed by atoms with Crippen LogP contribution >= 0.6 is 0 Å². The fourth-order valence-corrected chi connectivity index (χ4v) is 1.86. The first-order valence-corrected chi connectivity index (χ1v) is 6.03. The molecular formula is C13H20F2N2. The Balaban J connectivity index is 2.63. The van der Waals surface area contributed by atoms with Gasteiger partial charge in [0.2, 0.25) is 0 Å². The summed E-state index contributed by atoms with van der Waals surface area (Å²) in [5.74, 6) is -1.04. The third kappa shape index (κ3) is 5.24. The van der Waals surface area contributed by atoms with Crippen molar-refractivity contribution in [3.63, 3.8) is 0 Å². The molecule has 0 unspecified atom stereocenters. The van der Waals surface area contributed by atoms with Crippen LogP contribution in [0.25, 0.3) is 0 Å². The minimum absolute atomic E-state index is 0.518. The Morgan fingerprint density at radius 3 is 2.29 bits per heavy atom. The molecular weight excluding hydrogens is 222 g/mol. The Hall–Kier alpha value is -1.00. The van der Waals surface area contributed by atoms with Crippen molar-refractivity contribution in [2.75, 3.05) is 19.6 Å². The summed E-state index contributed by atoms with van der Waals surface area (Å²) in [5.41, 5.74) is 6.14. The predicted molar refractivity (Wildman–Crippen MR) is 65.6 cm³/mol. The van der Waals surface area contributed by atoms with Gasteiger partial charge in [-0.15, -0.1) is 0 Å². The fraction of sp³-hybridized carbons (Fsp3) is 0.538. The summed E-state index contributed by atoms with van der Waals surface area (Å²) in [7, 11) is 0. The largest absolute Gasteiger partial charge is 0.330 e. The molecule has 0 spiro atoms. The van der Waals surface area contributed by atoms with E-state index in [2.05, 4.69) is 11.8 Å². The van der Waals surface area contributed by atoms with E-state index in [0.717, 1.165) is 32.0 Å². The minimum atomic E-state index is -0.518. The van der Waals surface area contributed by atoms with Crippen molar-refractivity contribution in [3.8, 4) is 0 Å². The molecule has 0 heterocycles. The predicted octanol–water partition coefficient (Wildman–Crippen LogP) is 2.53. The lowest BCUT2D eigenvalue weighted by Gasteiger charge is -2.21. The van der Waals surface area contributed by atoms with Gasteiger partial charge in [-0.25, -0.2) is 8.78 Å². The zero-order valence-electron chi connectivity index (χ0n) is 10.3. The molecule has 0 saturated heterocycles. The zero-order valence-corrected chi connectivity index (χ0v) is 10.3. The van der Waals surface area contributed by atoms with E-state index in [4.69, 9.17) is 5.73 Å². The van der Waals surface area contributed by atoms with E-state index >= 15 is 0 Å². The third-order valence-electron chi connectivity index (χ3n) is 2.55. The molecule has 1 aromatic rings. The highest BCUT2D eigenvalue weighted by molar-refractivity contribution is 5.17. The zero-order chi connectivity index (χ0) is 12.7. The SMILES string of the molecule is CCCN(CCCN)Cc1cc(F)cc(F)c1. The lowest BCUT2D eigenvalue weighted by atomic mass is 10.2. The molecule has 0 saturated carbocycles. The van der Waals surface area contributed by atoms with Crippen molar-refractivity contribution in [2.45, 2.75) is 26.3 Å². The van der Waals surface area contributed by atoms with E-state index < -0.39 is 11.6 Å². The van der Waals surface area contributed by atoms with Gasteiger partial charge >= 0.3 is 0 Å². The number of nitrogens with two attached hydrogens (primary N) is 1. The first-order valence-electron chi connectivity index (χ1n) is 6.03. The van der Waals surface area contributed by atoms with Crippen molar-refractivity contribution < 1.29 is 8.78 Å². The average Bonchev–Trinajstić information content (AvgIpc) is 2.24. The number of rotatable bonds is 7. The van der Waals surface area contributed by atoms with Crippen LogP contribution in [0.5, 0.6) is 0 Å². The number of hydrogen-bond acceptors (Lipinski definition) is 2. The van der Waals surface area contributed by atoms with Crippen molar-refractivity contribution in [1.82, 2.24) is 4.90 Å². The molecule has 0 aliphatic heterocycles. The number of hydrogen-bond donors (Lipinski definition) is 1. The van der Waals surface area contributed by atoms with Crippen LogP contribution in [0.1, 0.15) is 25.3 Å². The van der Waals surface area contributed by atoms with Crippen molar-refractivity contribution >= 4 is 0 Å². The quantitative estimate of drug-likeness (QED) is 0.796. The molecule has 0 amide bonds. The van der Waals surface area contributed by atoms with Crippen LogP contribution in [0.4, 0.5) is 8.78 Å². The first-order chi connectivity index (χ1) is 8.15. The van der Waals surface area contributed by atoms with E-state index in [1.165, 1.54) is 12.1 Å². The molecule has 0 radical (unpaired) electrons. The minimum Gasteiger partial charge on any atom is -0.330 e. The summed E-state index contributed by atoms with van der Waals surface area (Å²) >= 11 is 0. The topological polar surface area (TPSA) is 29.3 Å². The lowest BCUT2D eigenvalue weighted by molar-refractivity contribution is 0.263. The normalized spacial score (nSPS) is 11.1. The molecule has 2 nitrogen and oxygen atoms in total. The summed E-state index contributed by atoms with van der Waals surface area (Å²) in [6, 6.07) is 3.66. The molecule has 0 aliphatic rings. The number of benzene rings is 1. The molecule has 0 aliphatic carbocycles. The highest BCUT2D eigenvalue weighted by Gasteiger charge is 2.07. The van der Waals surface area contributed by atoms with E-state index in [9.17, 15) is 8.78 Å². The maximum absolute atomic E-state index is 13.0. The van der Waals surface area contributed by atoms with Gasteiger partial charge in [-0.05, 0) is 50.2 Å². The van der Waals surface area contributed by atoms with Crippen molar-refractivity contribution in [1.29, 1.82) is 0 Å². The maximum atomic E-state index is 13.0. The fourth-order valence-electron chi connectivity index (χ4n) is 1.86. The van der Waals surface area contributed by atoms with Gasteiger partial charge in [-0.2, -0.15) is 0 Å². The monoisotopic (exact) mass is 242 g/mol. The molecule has 2 N–H and O–H groups in total. The van der Waals surface area contributed by atoms with Gasteiger partial charge in [0.15, 0.2) is 0 Å². The summed E-state index contributed by atoms with van der Waals surface area (Å²) in [6.07, 6.45) is 1.92. The molecule has 1 aromatic carbocycles. The molecule has 96 valence electrons. The highest BCUT2D eigenvalue weighted by Crippen LogP contribution is 2.11. The van der Waals surface area contributed by atoms with Gasteiger partial charge in [0.25, 0.3) is 0 Å². The molecule has 0 atom stereocenters. The second-order valence-electron chi connectivity index (χ2n) is 4.20. The van der Waals surface area contributed by atoms with E-state index in [1.54, 1.807) is 0 Å². The van der Waals surface area contributed by atoms with Gasteiger partial charge in [-0.1, -0.05) is 6.92 Å². The summed E-state index contributed by atoms with van der Waals surface area (Å²) < 4.78 is 26.1. The van der Waals surface area contributed by atoms with Crippen LogP contribution in [0.3, 0.4) is 0 Å². The second-order valence-corrected chi connectivity index (χ2v) is 4.20. The van der Waals surface area contributed by atoms with Crippen LogP contribution in [0, 0.1) is 11.6 Å². The molecule has 0 fully saturated rings. The Morgan fingerprint density at radius 2 is 1.76 bits per heavy atom. The van der Waals surface area contributed by atoms with Crippen LogP contribution in [-0.2, 0) is 6.54 Å². The first kappa shape index (κ1) is 14.1. The van der Waals surface area contributed by atoms with E-state index in [0.29, 0.717) is 18.7 Å². The number of nitrogens with zero attached hydrogens (tertiary/aromatic N) is 1. The van der Waals surface area contributed by atoms with Gasteiger partial charge < -0.3 is 5.73 Å². The Kier molecular flexibility index (Phi) is 6.08. The third-order valence-corrected chi connectivity index (χ3v) is 2.55. The van der Waals surface area contributed by atoms with E-state index in [-0.39, 0.29) is 0 Å². The molecule has 0 bridgehead atoms. The van der Waals surface area contributed by atoms with Crippen LogP contribution in [-0.4, -0.2) is 24.5 Å². The lowest BCUT2D eigenvalue weighted by Crippen LogP contribution is -2.26. The standard InChI is InChI=1S/C13H20F2N2/c1-2-5-17(6-3-4-16)10-11-7-12(14)9-13(15)8-11/h7-9H,2-6,10,16H2,1H3. The van der Waals surface area contributed by atoms with Crippen molar-refractivity contribution in [2.24, 2.45) is 5.73 Å². The van der Waals surface area contributed by atoms with Crippen LogP contribution in [0.2, 0.25) is 0 Å². The Labute approximate surface area is 101 Å². The summed E-state index contributed by atoms with van der Waals surface area (Å²) in [4.78, 5) is 2.17. The van der Waals surface area contributed by atoms with Gasteiger partial charge in [0, 0.05) is 12.6 Å². The van der Waals surface area contributed by atoms with Crippen LogP contribution in [0.15, 0.2) is 18.2 Å². The van der Waals surface area contributed by atoms with Gasteiger partial charge in [0.1, 0.15) is 11.6 Å². The molecule has 17 heavy (non-hydrogen) atoms.